The van der Waals surface area contributed by atoms with Gasteiger partial charge in [-0.3, -0.25) is 4.79 Å². The molecule has 142 valence electrons. The van der Waals surface area contributed by atoms with Crippen molar-refractivity contribution in [3.8, 4) is 5.75 Å². The Morgan fingerprint density at radius 3 is 2.69 bits per heavy atom. The van der Waals surface area contributed by atoms with E-state index >= 15 is 0 Å². The van der Waals surface area contributed by atoms with Gasteiger partial charge in [-0.2, -0.15) is 0 Å². The second-order valence-corrected chi connectivity index (χ2v) is 7.05. The molecule has 0 spiro atoms. The summed E-state index contributed by atoms with van der Waals surface area (Å²) in [7, 11) is 0. The highest BCUT2D eigenvalue weighted by Crippen LogP contribution is 2.20. The highest BCUT2D eigenvalue weighted by molar-refractivity contribution is 5.77. The number of nitrogens with zero attached hydrogens (tertiary/aromatic N) is 1. The summed E-state index contributed by atoms with van der Waals surface area (Å²) in [6.45, 7) is 5.70. The van der Waals surface area contributed by atoms with Crippen LogP contribution in [0.1, 0.15) is 38.2 Å². The Hall–Kier alpha value is -1.85. The predicted octanol–water partition coefficient (Wildman–Crippen LogP) is 2.90. The van der Waals surface area contributed by atoms with Crippen LogP contribution in [0.2, 0.25) is 0 Å². The van der Waals surface area contributed by atoms with Gasteiger partial charge in [-0.25, -0.2) is 0 Å². The first kappa shape index (κ1) is 18.9. The van der Waals surface area contributed by atoms with Crippen LogP contribution in [0.15, 0.2) is 35.9 Å². The van der Waals surface area contributed by atoms with E-state index in [1.165, 1.54) is 36.8 Å². The van der Waals surface area contributed by atoms with Gasteiger partial charge < -0.3 is 19.7 Å². The van der Waals surface area contributed by atoms with Gasteiger partial charge in [0.05, 0.1) is 13.2 Å². The molecule has 1 N–H and O–H groups in total. The Balaban J connectivity index is 1.41. The van der Waals surface area contributed by atoms with Crippen LogP contribution in [-0.4, -0.2) is 49.8 Å². The molecule has 1 aromatic rings. The maximum atomic E-state index is 12.1. The Labute approximate surface area is 156 Å². The molecule has 0 aromatic heterocycles. The summed E-state index contributed by atoms with van der Waals surface area (Å²) in [4.78, 5) is 13.9. The number of hydrogen-bond acceptors (Lipinski definition) is 4. The van der Waals surface area contributed by atoms with E-state index in [1.54, 1.807) is 4.90 Å². The molecule has 0 saturated carbocycles. The molecule has 1 aromatic carbocycles. The first-order valence-electron chi connectivity index (χ1n) is 9.72. The van der Waals surface area contributed by atoms with Gasteiger partial charge in [-0.15, -0.1) is 0 Å². The molecule has 0 radical (unpaired) electrons. The molecule has 5 nitrogen and oxygen atoms in total. The van der Waals surface area contributed by atoms with Crippen molar-refractivity contribution in [2.24, 2.45) is 0 Å². The fourth-order valence-corrected chi connectivity index (χ4v) is 3.41. The topological polar surface area (TPSA) is 50.8 Å². The van der Waals surface area contributed by atoms with Crippen molar-refractivity contribution in [3.05, 3.63) is 41.5 Å². The molecular formula is C21H30N2O3. The monoisotopic (exact) mass is 358 g/mol. The molecule has 1 aliphatic carbocycles. The quantitative estimate of drug-likeness (QED) is 0.762. The third-order valence-corrected chi connectivity index (χ3v) is 5.14. The van der Waals surface area contributed by atoms with Crippen LogP contribution in [-0.2, 0) is 16.1 Å². The molecule has 1 heterocycles. The van der Waals surface area contributed by atoms with Gasteiger partial charge in [0, 0.05) is 25.7 Å². The summed E-state index contributed by atoms with van der Waals surface area (Å²) in [6.07, 6.45) is 7.47. The molecule has 1 fully saturated rings. The van der Waals surface area contributed by atoms with Crippen LogP contribution >= 0.6 is 0 Å². The Kier molecular flexibility index (Phi) is 7.09. The number of ether oxygens (including phenoxy) is 2. The molecule has 1 saturated heterocycles. The second-order valence-electron chi connectivity index (χ2n) is 7.05. The number of benzene rings is 1. The summed E-state index contributed by atoms with van der Waals surface area (Å²) < 4.78 is 10.9. The van der Waals surface area contributed by atoms with Gasteiger partial charge in [0.25, 0.3) is 5.91 Å². The van der Waals surface area contributed by atoms with Gasteiger partial charge in [-0.05, 0) is 50.3 Å². The van der Waals surface area contributed by atoms with Crippen LogP contribution in [0.5, 0.6) is 5.75 Å². The number of morpholine rings is 1. The molecule has 26 heavy (non-hydrogen) atoms. The average molecular weight is 358 g/mol. The maximum Gasteiger partial charge on any atom is 0.260 e. The number of allylic oxidation sites excluding steroid dienone is 1. The van der Waals surface area contributed by atoms with Gasteiger partial charge in [0.2, 0.25) is 0 Å². The number of carbonyl (C=O) groups excluding carboxylic acids is 1. The maximum absolute atomic E-state index is 12.1. The number of nitrogens with one attached hydrogen (secondary N) is 1. The molecule has 1 atom stereocenters. The summed E-state index contributed by atoms with van der Waals surface area (Å²) in [5.41, 5.74) is 2.76. The van der Waals surface area contributed by atoms with E-state index in [0.717, 1.165) is 12.3 Å². The van der Waals surface area contributed by atoms with E-state index in [-0.39, 0.29) is 12.5 Å². The van der Waals surface area contributed by atoms with Crippen LogP contribution in [0.3, 0.4) is 0 Å². The lowest BCUT2D eigenvalue weighted by Crippen LogP contribution is -2.42. The summed E-state index contributed by atoms with van der Waals surface area (Å²) >= 11 is 0. The minimum Gasteiger partial charge on any atom is -0.484 e. The lowest BCUT2D eigenvalue weighted by molar-refractivity contribution is -0.137. The number of amides is 1. The first-order chi connectivity index (χ1) is 12.7. The van der Waals surface area contributed by atoms with E-state index < -0.39 is 0 Å². The third-order valence-electron chi connectivity index (χ3n) is 5.14. The average Bonchev–Trinajstić information content (AvgIpc) is 2.72. The largest absolute Gasteiger partial charge is 0.484 e. The SMILES string of the molecule is CC(NCc1ccc(OCC(=O)N2CCOCC2)cc1)C1=CCCCC1. The van der Waals surface area contributed by atoms with Gasteiger partial charge in [0.1, 0.15) is 5.75 Å². The Bertz CT molecular complexity index is 606. The predicted molar refractivity (Wildman–Crippen MR) is 102 cm³/mol. The van der Waals surface area contributed by atoms with E-state index in [4.69, 9.17) is 9.47 Å². The highest BCUT2D eigenvalue weighted by Gasteiger charge is 2.17. The lowest BCUT2D eigenvalue weighted by Gasteiger charge is -2.26. The molecule has 2 aliphatic rings. The molecular weight excluding hydrogens is 328 g/mol. The van der Waals surface area contributed by atoms with Crippen molar-refractivity contribution >= 4 is 5.91 Å². The molecule has 1 unspecified atom stereocenters. The molecule has 0 bridgehead atoms. The highest BCUT2D eigenvalue weighted by atomic mass is 16.5. The normalized spacial score (nSPS) is 19.0. The van der Waals surface area contributed by atoms with E-state index in [9.17, 15) is 4.79 Å². The Morgan fingerprint density at radius 2 is 2.00 bits per heavy atom. The van der Waals surface area contributed by atoms with Crippen molar-refractivity contribution in [2.75, 3.05) is 32.9 Å². The molecule has 5 heteroatoms. The van der Waals surface area contributed by atoms with Crippen LogP contribution in [0, 0.1) is 0 Å². The number of carbonyl (C=O) groups is 1. The number of hydrogen-bond donors (Lipinski definition) is 1. The van der Waals surface area contributed by atoms with Crippen molar-refractivity contribution in [1.82, 2.24) is 10.2 Å². The van der Waals surface area contributed by atoms with E-state index in [0.29, 0.717) is 32.3 Å². The second kappa shape index (κ2) is 9.74. The van der Waals surface area contributed by atoms with Crippen LogP contribution < -0.4 is 10.1 Å². The third kappa shape index (κ3) is 5.58. The van der Waals surface area contributed by atoms with Crippen LogP contribution in [0.4, 0.5) is 0 Å². The van der Waals surface area contributed by atoms with E-state index in [1.807, 2.05) is 12.1 Å². The van der Waals surface area contributed by atoms with Gasteiger partial charge in [0.15, 0.2) is 6.61 Å². The van der Waals surface area contributed by atoms with Gasteiger partial charge >= 0.3 is 0 Å². The zero-order chi connectivity index (χ0) is 18.2. The molecule has 1 aliphatic heterocycles. The lowest BCUT2D eigenvalue weighted by atomic mass is 9.94. The van der Waals surface area contributed by atoms with E-state index in [2.05, 4.69) is 30.4 Å². The van der Waals surface area contributed by atoms with Crippen molar-refractivity contribution in [1.29, 1.82) is 0 Å². The fraction of sp³-hybridized carbons (Fsp3) is 0.571. The molecule has 1 amide bonds. The van der Waals surface area contributed by atoms with Crippen molar-refractivity contribution in [3.63, 3.8) is 0 Å². The van der Waals surface area contributed by atoms with Crippen molar-refractivity contribution < 1.29 is 14.3 Å². The Morgan fingerprint density at radius 1 is 1.23 bits per heavy atom. The summed E-state index contributed by atoms with van der Waals surface area (Å²) in [6, 6.07) is 8.42. The smallest absolute Gasteiger partial charge is 0.260 e. The van der Waals surface area contributed by atoms with Crippen molar-refractivity contribution in [2.45, 2.75) is 45.2 Å². The minimum atomic E-state index is 0.0219. The summed E-state index contributed by atoms with van der Waals surface area (Å²) in [5, 5.41) is 3.60. The van der Waals surface area contributed by atoms with Crippen LogP contribution in [0.25, 0.3) is 0 Å². The first-order valence-corrected chi connectivity index (χ1v) is 9.72. The standard InChI is InChI=1S/C21H30N2O3/c1-17(19-5-3-2-4-6-19)22-15-18-7-9-20(10-8-18)26-16-21(24)23-11-13-25-14-12-23/h5,7-10,17,22H,2-4,6,11-16H2,1H3. The zero-order valence-electron chi connectivity index (χ0n) is 15.7. The molecule has 3 rings (SSSR count). The zero-order valence-corrected chi connectivity index (χ0v) is 15.7. The minimum absolute atomic E-state index is 0.0219. The fourth-order valence-electron chi connectivity index (χ4n) is 3.41. The van der Waals surface area contributed by atoms with Gasteiger partial charge in [-0.1, -0.05) is 23.8 Å². The summed E-state index contributed by atoms with van der Waals surface area (Å²) in [5.74, 6) is 0.757. The number of rotatable bonds is 7.